The van der Waals surface area contributed by atoms with E-state index in [2.05, 4.69) is 5.32 Å². The molecule has 2 aromatic carbocycles. The number of aryl methyl sites for hydroxylation is 1. The van der Waals surface area contributed by atoms with Gasteiger partial charge in [-0.25, -0.2) is 0 Å². The molecule has 1 unspecified atom stereocenters. The molecule has 0 heterocycles. The van der Waals surface area contributed by atoms with Crippen LogP contribution >= 0.6 is 23.2 Å². The van der Waals surface area contributed by atoms with E-state index in [9.17, 15) is 9.59 Å². The highest BCUT2D eigenvalue weighted by Gasteiger charge is 2.40. The van der Waals surface area contributed by atoms with Gasteiger partial charge in [0.05, 0.1) is 19.3 Å². The maximum Gasteiger partial charge on any atom is 0.322 e. The minimum Gasteiger partial charge on any atom is -0.465 e. The number of ether oxygens (including phenoxy) is 2. The zero-order valence-corrected chi connectivity index (χ0v) is 17.5. The Labute approximate surface area is 174 Å². The molecule has 0 aromatic heterocycles. The number of anilines is 1. The topological polar surface area (TPSA) is 64.6 Å². The van der Waals surface area contributed by atoms with Gasteiger partial charge >= 0.3 is 11.9 Å². The minimum atomic E-state index is -1.28. The zero-order chi connectivity index (χ0) is 20.7. The smallest absolute Gasteiger partial charge is 0.322 e. The zero-order valence-electron chi connectivity index (χ0n) is 16.0. The van der Waals surface area contributed by atoms with Crippen molar-refractivity contribution in [1.29, 1.82) is 0 Å². The van der Waals surface area contributed by atoms with E-state index in [1.165, 1.54) is 0 Å². The van der Waals surface area contributed by atoms with Gasteiger partial charge < -0.3 is 14.8 Å². The molecule has 28 heavy (non-hydrogen) atoms. The van der Waals surface area contributed by atoms with Crippen molar-refractivity contribution in [3.63, 3.8) is 0 Å². The second-order valence-electron chi connectivity index (χ2n) is 6.05. The van der Waals surface area contributed by atoms with Crippen LogP contribution in [-0.4, -0.2) is 25.2 Å². The van der Waals surface area contributed by atoms with Crippen molar-refractivity contribution in [3.05, 3.63) is 63.6 Å². The second-order valence-corrected chi connectivity index (χ2v) is 6.87. The fourth-order valence-corrected chi connectivity index (χ4v) is 3.50. The summed E-state index contributed by atoms with van der Waals surface area (Å²) in [6.07, 6.45) is 0. The first-order valence-electron chi connectivity index (χ1n) is 9.00. The van der Waals surface area contributed by atoms with Crippen molar-refractivity contribution in [2.75, 3.05) is 18.5 Å². The molecule has 0 aliphatic rings. The number of esters is 2. The molecule has 0 saturated carbocycles. The molecule has 0 fully saturated rings. The molecule has 0 amide bonds. The Morgan fingerprint density at radius 2 is 1.46 bits per heavy atom. The van der Waals surface area contributed by atoms with Crippen LogP contribution in [0.25, 0.3) is 0 Å². The van der Waals surface area contributed by atoms with Gasteiger partial charge in [0.25, 0.3) is 0 Å². The molecule has 1 atom stereocenters. The molecule has 150 valence electrons. The van der Waals surface area contributed by atoms with Gasteiger partial charge in [-0.15, -0.1) is 0 Å². The van der Waals surface area contributed by atoms with Crippen LogP contribution in [0.2, 0.25) is 10.0 Å². The van der Waals surface area contributed by atoms with E-state index < -0.39 is 23.9 Å². The van der Waals surface area contributed by atoms with Crippen LogP contribution in [0.3, 0.4) is 0 Å². The summed E-state index contributed by atoms with van der Waals surface area (Å²) in [5, 5.41) is 3.91. The predicted octanol–water partition coefficient (Wildman–Crippen LogP) is 5.20. The molecule has 0 aliphatic carbocycles. The third-order valence-corrected chi connectivity index (χ3v) is 4.84. The lowest BCUT2D eigenvalue weighted by Gasteiger charge is -2.28. The lowest BCUT2D eigenvalue weighted by atomic mass is 9.92. The predicted molar refractivity (Wildman–Crippen MR) is 111 cm³/mol. The minimum absolute atomic E-state index is 0.127. The average molecular weight is 424 g/mol. The summed E-state index contributed by atoms with van der Waals surface area (Å²) in [6.45, 7) is 5.51. The standard InChI is InChI=1S/C21H23Cl2NO4/c1-4-27-20(25)18(21(26)28-5-2)19(17-14(22)10-8-11-15(17)23)24-16-12-7-6-9-13(16)3/h6-12,18-19,24H,4-5H2,1-3H3. The lowest BCUT2D eigenvalue weighted by molar-refractivity contribution is -0.162. The molecule has 0 saturated heterocycles. The molecule has 5 nitrogen and oxygen atoms in total. The SMILES string of the molecule is CCOC(=O)C(C(=O)OCC)C(Nc1ccccc1C)c1c(Cl)cccc1Cl. The monoisotopic (exact) mass is 423 g/mol. The first-order chi connectivity index (χ1) is 13.4. The number of nitrogens with one attached hydrogen (secondary N) is 1. The first-order valence-corrected chi connectivity index (χ1v) is 9.75. The summed E-state index contributed by atoms with van der Waals surface area (Å²) < 4.78 is 10.3. The number of benzene rings is 2. The van der Waals surface area contributed by atoms with Gasteiger partial charge in [-0.1, -0.05) is 47.5 Å². The summed E-state index contributed by atoms with van der Waals surface area (Å²) in [6, 6.07) is 11.6. The fourth-order valence-electron chi connectivity index (χ4n) is 2.86. The van der Waals surface area contributed by atoms with Crippen molar-refractivity contribution in [1.82, 2.24) is 0 Å². The van der Waals surface area contributed by atoms with E-state index in [0.717, 1.165) is 11.3 Å². The van der Waals surface area contributed by atoms with Gasteiger partial charge in [0.1, 0.15) is 0 Å². The van der Waals surface area contributed by atoms with Crippen LogP contribution in [-0.2, 0) is 19.1 Å². The summed E-state index contributed by atoms with van der Waals surface area (Å²) >= 11 is 12.8. The molecule has 2 aromatic rings. The Balaban J connectivity index is 2.61. The van der Waals surface area contributed by atoms with Crippen LogP contribution in [0.5, 0.6) is 0 Å². The maximum absolute atomic E-state index is 12.7. The molecule has 1 N–H and O–H groups in total. The largest absolute Gasteiger partial charge is 0.465 e. The molecular weight excluding hydrogens is 401 g/mol. The highest BCUT2D eigenvalue weighted by molar-refractivity contribution is 6.36. The molecule has 0 aliphatic heterocycles. The summed E-state index contributed by atoms with van der Waals surface area (Å²) in [5.74, 6) is -2.69. The molecule has 0 spiro atoms. The average Bonchev–Trinajstić information content (AvgIpc) is 2.64. The van der Waals surface area contributed by atoms with E-state index >= 15 is 0 Å². The fraction of sp³-hybridized carbons (Fsp3) is 0.333. The van der Waals surface area contributed by atoms with Crippen molar-refractivity contribution in [2.24, 2.45) is 5.92 Å². The van der Waals surface area contributed by atoms with Crippen LogP contribution in [0.1, 0.15) is 31.0 Å². The number of hydrogen-bond acceptors (Lipinski definition) is 5. The van der Waals surface area contributed by atoms with Crippen molar-refractivity contribution in [3.8, 4) is 0 Å². The molecule has 2 rings (SSSR count). The molecule has 7 heteroatoms. The number of halogens is 2. The Kier molecular flexibility index (Phi) is 8.15. The Hall–Kier alpha value is -2.24. The molecule has 0 bridgehead atoms. The molecular formula is C21H23Cl2NO4. The van der Waals surface area contributed by atoms with Crippen LogP contribution in [0, 0.1) is 12.8 Å². The Bertz CT molecular complexity index is 803. The van der Waals surface area contributed by atoms with Crippen LogP contribution < -0.4 is 5.32 Å². The van der Waals surface area contributed by atoms with E-state index in [1.54, 1.807) is 32.0 Å². The van der Waals surface area contributed by atoms with E-state index in [4.69, 9.17) is 32.7 Å². The van der Waals surface area contributed by atoms with E-state index in [0.29, 0.717) is 15.6 Å². The Morgan fingerprint density at radius 1 is 0.929 bits per heavy atom. The van der Waals surface area contributed by atoms with E-state index in [1.807, 2.05) is 31.2 Å². The number of carbonyl (C=O) groups excluding carboxylic acids is 2. The number of rotatable bonds is 8. The number of hydrogen-bond donors (Lipinski definition) is 1. The summed E-state index contributed by atoms with van der Waals surface area (Å²) in [7, 11) is 0. The van der Waals surface area contributed by atoms with Gasteiger partial charge in [0.15, 0.2) is 5.92 Å². The van der Waals surface area contributed by atoms with Crippen LogP contribution in [0.15, 0.2) is 42.5 Å². The van der Waals surface area contributed by atoms with E-state index in [-0.39, 0.29) is 13.2 Å². The normalized spacial score (nSPS) is 11.8. The van der Waals surface area contributed by atoms with Gasteiger partial charge in [-0.2, -0.15) is 0 Å². The Morgan fingerprint density at radius 3 is 1.96 bits per heavy atom. The third-order valence-electron chi connectivity index (χ3n) is 4.18. The molecule has 0 radical (unpaired) electrons. The van der Waals surface area contributed by atoms with Gasteiger partial charge in [-0.05, 0) is 44.5 Å². The maximum atomic E-state index is 12.7. The van der Waals surface area contributed by atoms with Crippen molar-refractivity contribution in [2.45, 2.75) is 26.8 Å². The van der Waals surface area contributed by atoms with Gasteiger partial charge in [0.2, 0.25) is 0 Å². The van der Waals surface area contributed by atoms with Crippen LogP contribution in [0.4, 0.5) is 5.69 Å². The first kappa shape index (κ1) is 22.1. The number of carbonyl (C=O) groups is 2. The van der Waals surface area contributed by atoms with Crippen molar-refractivity contribution >= 4 is 40.8 Å². The lowest BCUT2D eigenvalue weighted by Crippen LogP contribution is -2.37. The van der Waals surface area contributed by atoms with Crippen molar-refractivity contribution < 1.29 is 19.1 Å². The summed E-state index contributed by atoms with van der Waals surface area (Å²) in [5.41, 5.74) is 2.10. The number of para-hydroxylation sites is 1. The quantitative estimate of drug-likeness (QED) is 0.466. The van der Waals surface area contributed by atoms with Gasteiger partial charge in [0, 0.05) is 21.3 Å². The highest BCUT2D eigenvalue weighted by Crippen LogP contribution is 2.38. The second kappa shape index (κ2) is 10.3. The summed E-state index contributed by atoms with van der Waals surface area (Å²) in [4.78, 5) is 25.4. The van der Waals surface area contributed by atoms with Gasteiger partial charge in [-0.3, -0.25) is 9.59 Å². The third kappa shape index (κ3) is 5.18. The highest BCUT2D eigenvalue weighted by atomic mass is 35.5.